The normalized spacial score (nSPS) is 11.6. The summed E-state index contributed by atoms with van der Waals surface area (Å²) in [6.45, 7) is 4.12. The minimum Gasteiger partial charge on any atom is -0.465 e. The lowest BCUT2D eigenvalue weighted by Gasteiger charge is -2.25. The second-order valence-corrected chi connectivity index (χ2v) is 5.57. The number of hydrogen-bond donors (Lipinski definition) is 1. The topological polar surface area (TPSA) is 56.2 Å². The predicted molar refractivity (Wildman–Crippen MR) is 74.9 cm³/mol. The van der Waals surface area contributed by atoms with E-state index in [-0.39, 0.29) is 11.5 Å². The van der Waals surface area contributed by atoms with Crippen molar-refractivity contribution in [3.63, 3.8) is 0 Å². The van der Waals surface area contributed by atoms with Crippen LogP contribution in [-0.2, 0) is 10.3 Å². The number of nitrogens with zero attached hydrogens (tertiary/aromatic N) is 2. The first-order valence-electron chi connectivity index (χ1n) is 5.89. The van der Waals surface area contributed by atoms with Crippen LogP contribution in [-0.4, -0.2) is 29.7 Å². The third-order valence-corrected chi connectivity index (χ3v) is 4.06. The van der Waals surface area contributed by atoms with E-state index in [0.717, 1.165) is 11.4 Å². The van der Waals surface area contributed by atoms with Crippen LogP contribution in [0.15, 0.2) is 24.0 Å². The molecular weight excluding hydrogens is 262 g/mol. The van der Waals surface area contributed by atoms with E-state index in [1.807, 2.05) is 23.1 Å². The lowest BCUT2D eigenvalue weighted by atomic mass is 10.0. The molecule has 102 valence electrons. The van der Waals surface area contributed by atoms with Crippen LogP contribution in [0.3, 0.4) is 0 Å². The highest BCUT2D eigenvalue weighted by Crippen LogP contribution is 2.27. The molecule has 2 aromatic heterocycles. The molecule has 0 saturated heterocycles. The van der Waals surface area contributed by atoms with Gasteiger partial charge in [0.2, 0.25) is 0 Å². The molecule has 2 rings (SSSR count). The highest BCUT2D eigenvalue weighted by atomic mass is 32.1. The van der Waals surface area contributed by atoms with E-state index >= 15 is 0 Å². The molecule has 0 radical (unpaired) electrons. The van der Waals surface area contributed by atoms with Gasteiger partial charge in [-0.15, -0.1) is 11.3 Å². The number of aromatic nitrogens is 2. The van der Waals surface area contributed by atoms with E-state index in [1.165, 1.54) is 18.4 Å². The first-order valence-corrected chi connectivity index (χ1v) is 6.77. The van der Waals surface area contributed by atoms with Crippen molar-refractivity contribution in [1.29, 1.82) is 0 Å². The number of thiophene rings is 1. The Morgan fingerprint density at radius 3 is 2.89 bits per heavy atom. The van der Waals surface area contributed by atoms with E-state index < -0.39 is 0 Å². The maximum Gasteiger partial charge on any atom is 0.350 e. The minimum absolute atomic E-state index is 0.244. The van der Waals surface area contributed by atoms with E-state index in [9.17, 15) is 4.79 Å². The van der Waals surface area contributed by atoms with E-state index in [1.54, 1.807) is 12.5 Å². The maximum absolute atomic E-state index is 11.8. The molecule has 0 saturated carbocycles. The van der Waals surface area contributed by atoms with Crippen molar-refractivity contribution in [1.82, 2.24) is 14.9 Å². The number of hydrogen-bond acceptors (Lipinski definition) is 5. The summed E-state index contributed by atoms with van der Waals surface area (Å²) in [7, 11) is 3.28. The highest BCUT2D eigenvalue weighted by molar-refractivity contribution is 7.12. The summed E-state index contributed by atoms with van der Waals surface area (Å²) in [6.07, 6.45) is 3.51. The molecule has 0 bridgehead atoms. The lowest BCUT2D eigenvalue weighted by Crippen LogP contribution is -2.35. The number of rotatable bonds is 4. The van der Waals surface area contributed by atoms with Gasteiger partial charge in [-0.25, -0.2) is 9.78 Å². The molecule has 0 aliphatic rings. The molecular formula is C13H17N3O2S. The summed E-state index contributed by atoms with van der Waals surface area (Å²) in [6, 6.07) is 1.90. The van der Waals surface area contributed by atoms with Crippen molar-refractivity contribution < 1.29 is 9.53 Å². The maximum atomic E-state index is 11.8. The Morgan fingerprint density at radius 1 is 1.53 bits per heavy atom. The minimum atomic E-state index is -0.327. The molecule has 0 aromatic carbocycles. The Morgan fingerprint density at radius 2 is 2.26 bits per heavy atom. The number of nitrogens with one attached hydrogen (secondary N) is 1. The van der Waals surface area contributed by atoms with Crippen LogP contribution in [0.2, 0.25) is 0 Å². The first kappa shape index (κ1) is 13.8. The van der Waals surface area contributed by atoms with Crippen LogP contribution in [0.4, 0.5) is 0 Å². The van der Waals surface area contributed by atoms with Gasteiger partial charge in [-0.1, -0.05) is 0 Å². The molecule has 0 unspecified atom stereocenters. The van der Waals surface area contributed by atoms with Crippen molar-refractivity contribution in [3.8, 4) is 5.69 Å². The van der Waals surface area contributed by atoms with Gasteiger partial charge in [0.1, 0.15) is 4.88 Å². The van der Waals surface area contributed by atoms with Crippen molar-refractivity contribution >= 4 is 17.3 Å². The SMILES string of the molecule is CNC(C)(C)c1cncn1-c1ccsc1C(=O)OC. The predicted octanol–water partition coefficient (Wildman–Crippen LogP) is 2.17. The molecule has 19 heavy (non-hydrogen) atoms. The van der Waals surface area contributed by atoms with Crippen LogP contribution in [0, 0.1) is 0 Å². The summed E-state index contributed by atoms with van der Waals surface area (Å²) >= 11 is 1.36. The Balaban J connectivity index is 2.53. The van der Waals surface area contributed by atoms with E-state index in [4.69, 9.17) is 4.74 Å². The summed E-state index contributed by atoms with van der Waals surface area (Å²) in [4.78, 5) is 16.5. The summed E-state index contributed by atoms with van der Waals surface area (Å²) < 4.78 is 6.72. The average molecular weight is 279 g/mol. The molecule has 2 aromatic rings. The Bertz CT molecular complexity index is 586. The van der Waals surface area contributed by atoms with Gasteiger partial charge in [-0.2, -0.15) is 0 Å². The van der Waals surface area contributed by atoms with Gasteiger partial charge in [0.25, 0.3) is 0 Å². The molecule has 0 aliphatic carbocycles. The van der Waals surface area contributed by atoms with Crippen molar-refractivity contribution in [2.24, 2.45) is 0 Å². The second kappa shape index (κ2) is 5.14. The van der Waals surface area contributed by atoms with Gasteiger partial charge in [-0.05, 0) is 32.3 Å². The number of methoxy groups -OCH3 is 1. The highest BCUT2D eigenvalue weighted by Gasteiger charge is 2.25. The quantitative estimate of drug-likeness (QED) is 0.872. The van der Waals surface area contributed by atoms with Gasteiger partial charge in [-0.3, -0.25) is 4.57 Å². The Kier molecular flexibility index (Phi) is 3.73. The van der Waals surface area contributed by atoms with E-state index in [0.29, 0.717) is 4.88 Å². The van der Waals surface area contributed by atoms with Crippen molar-refractivity contribution in [2.75, 3.05) is 14.2 Å². The third kappa shape index (κ3) is 2.41. The molecule has 0 spiro atoms. The zero-order chi connectivity index (χ0) is 14.0. The molecule has 1 N–H and O–H groups in total. The zero-order valence-corrected chi connectivity index (χ0v) is 12.2. The van der Waals surface area contributed by atoms with Crippen LogP contribution < -0.4 is 5.32 Å². The standard InChI is InChI=1S/C13H17N3O2S/c1-13(2,14-3)10-7-15-8-16(10)9-5-6-19-11(9)12(17)18-4/h5-8,14H,1-4H3. The Labute approximate surface area is 116 Å². The molecule has 0 aliphatic heterocycles. The number of ether oxygens (including phenoxy) is 1. The molecule has 0 fully saturated rings. The fourth-order valence-electron chi connectivity index (χ4n) is 1.82. The van der Waals surface area contributed by atoms with Crippen molar-refractivity contribution in [2.45, 2.75) is 19.4 Å². The van der Waals surface area contributed by atoms with Gasteiger partial charge in [0.15, 0.2) is 0 Å². The molecule has 0 amide bonds. The van der Waals surface area contributed by atoms with Crippen molar-refractivity contribution in [3.05, 3.63) is 34.5 Å². The average Bonchev–Trinajstić information content (AvgIpc) is 3.05. The van der Waals surface area contributed by atoms with Crippen LogP contribution >= 0.6 is 11.3 Å². The smallest absolute Gasteiger partial charge is 0.350 e. The number of carbonyl (C=O) groups is 1. The van der Waals surface area contributed by atoms with Gasteiger partial charge in [0.05, 0.1) is 36.6 Å². The van der Waals surface area contributed by atoms with Crippen LogP contribution in [0.1, 0.15) is 29.2 Å². The van der Waals surface area contributed by atoms with Gasteiger partial charge in [0, 0.05) is 0 Å². The first-order chi connectivity index (χ1) is 9.01. The fourth-order valence-corrected chi connectivity index (χ4v) is 2.61. The molecule has 2 heterocycles. The molecule has 6 heteroatoms. The Hall–Kier alpha value is -1.66. The largest absolute Gasteiger partial charge is 0.465 e. The summed E-state index contributed by atoms with van der Waals surface area (Å²) in [5.41, 5.74) is 1.54. The van der Waals surface area contributed by atoms with E-state index in [2.05, 4.69) is 24.1 Å². The van der Waals surface area contributed by atoms with Crippen LogP contribution in [0.5, 0.6) is 0 Å². The number of esters is 1. The summed E-state index contributed by atoms with van der Waals surface area (Å²) in [5, 5.41) is 5.11. The fraction of sp³-hybridized carbons (Fsp3) is 0.385. The second-order valence-electron chi connectivity index (χ2n) is 4.65. The number of imidazole rings is 1. The number of carbonyl (C=O) groups excluding carboxylic acids is 1. The summed E-state index contributed by atoms with van der Waals surface area (Å²) in [5.74, 6) is -0.327. The monoisotopic (exact) mass is 279 g/mol. The van der Waals surface area contributed by atoms with Gasteiger partial charge >= 0.3 is 5.97 Å². The van der Waals surface area contributed by atoms with Crippen LogP contribution in [0.25, 0.3) is 5.69 Å². The molecule has 0 atom stereocenters. The lowest BCUT2D eigenvalue weighted by molar-refractivity contribution is 0.0606. The zero-order valence-electron chi connectivity index (χ0n) is 11.4. The molecule has 5 nitrogen and oxygen atoms in total. The third-order valence-electron chi connectivity index (χ3n) is 3.18. The van der Waals surface area contributed by atoms with Gasteiger partial charge < -0.3 is 10.1 Å².